The molecule has 0 aliphatic carbocycles. The fourth-order valence-electron chi connectivity index (χ4n) is 2.96. The van der Waals surface area contributed by atoms with E-state index < -0.39 is 15.1 Å². The van der Waals surface area contributed by atoms with E-state index in [2.05, 4.69) is 5.32 Å². The largest absolute Gasteiger partial charge is 0.309 e. The lowest BCUT2D eigenvalue weighted by molar-refractivity contribution is 0.451. The second kappa shape index (κ2) is 6.22. The Morgan fingerprint density at radius 2 is 2.15 bits per heavy atom. The predicted molar refractivity (Wildman–Crippen MR) is 79.0 cm³/mol. The van der Waals surface area contributed by atoms with Gasteiger partial charge in [0.15, 0.2) is 9.84 Å². The Kier molecular flexibility index (Phi) is 4.81. The van der Waals surface area contributed by atoms with Crippen LogP contribution in [0.1, 0.15) is 43.4 Å². The summed E-state index contributed by atoms with van der Waals surface area (Å²) in [6, 6.07) is 4.27. The maximum absolute atomic E-state index is 13.5. The molecule has 1 aromatic carbocycles. The Hall–Kier alpha value is -0.940. The Bertz CT molecular complexity index is 571. The van der Waals surface area contributed by atoms with Gasteiger partial charge in [-0.15, -0.1) is 0 Å². The van der Waals surface area contributed by atoms with Gasteiger partial charge in [0.05, 0.1) is 11.0 Å². The summed E-state index contributed by atoms with van der Waals surface area (Å²) < 4.78 is 38.2. The third-order valence-electron chi connectivity index (χ3n) is 4.00. The minimum absolute atomic E-state index is 0.244. The van der Waals surface area contributed by atoms with E-state index in [9.17, 15) is 12.8 Å². The fraction of sp³-hybridized carbons (Fsp3) is 0.600. The van der Waals surface area contributed by atoms with Crippen LogP contribution in [0.2, 0.25) is 0 Å². The second-order valence-electron chi connectivity index (χ2n) is 5.44. The first kappa shape index (κ1) is 15.4. The summed E-state index contributed by atoms with van der Waals surface area (Å²) in [6.07, 6.45) is 2.30. The van der Waals surface area contributed by atoms with Gasteiger partial charge < -0.3 is 5.32 Å². The molecular weight excluding hydrogens is 277 g/mol. The number of halogens is 1. The van der Waals surface area contributed by atoms with Crippen molar-refractivity contribution in [2.75, 3.05) is 12.3 Å². The zero-order valence-electron chi connectivity index (χ0n) is 12.0. The maximum atomic E-state index is 13.5. The first-order chi connectivity index (χ1) is 9.45. The van der Waals surface area contributed by atoms with E-state index in [1.807, 2.05) is 13.8 Å². The third kappa shape index (κ3) is 3.20. The molecule has 1 aliphatic rings. The Labute approximate surface area is 120 Å². The van der Waals surface area contributed by atoms with E-state index in [-0.39, 0.29) is 17.6 Å². The van der Waals surface area contributed by atoms with Crippen molar-refractivity contribution in [1.82, 2.24) is 5.32 Å². The molecule has 20 heavy (non-hydrogen) atoms. The Morgan fingerprint density at radius 3 is 2.80 bits per heavy atom. The summed E-state index contributed by atoms with van der Waals surface area (Å²) in [5, 5.41) is 2.80. The van der Waals surface area contributed by atoms with Crippen molar-refractivity contribution >= 4 is 9.84 Å². The van der Waals surface area contributed by atoms with Crippen LogP contribution in [0.5, 0.6) is 0 Å². The topological polar surface area (TPSA) is 46.2 Å². The van der Waals surface area contributed by atoms with Crippen molar-refractivity contribution in [2.24, 2.45) is 0 Å². The van der Waals surface area contributed by atoms with E-state index in [1.165, 1.54) is 12.1 Å². The van der Waals surface area contributed by atoms with Gasteiger partial charge in [-0.1, -0.05) is 19.4 Å². The molecule has 1 aliphatic heterocycles. The highest BCUT2D eigenvalue weighted by Crippen LogP contribution is 2.32. The van der Waals surface area contributed by atoms with Crippen molar-refractivity contribution < 1.29 is 12.8 Å². The smallest absolute Gasteiger partial charge is 0.155 e. The van der Waals surface area contributed by atoms with Crippen molar-refractivity contribution in [3.05, 3.63) is 35.1 Å². The predicted octanol–water partition coefficient (Wildman–Crippen LogP) is 2.75. The molecule has 1 saturated heterocycles. The molecule has 3 nitrogen and oxygen atoms in total. The van der Waals surface area contributed by atoms with Crippen LogP contribution < -0.4 is 5.32 Å². The van der Waals surface area contributed by atoms with Gasteiger partial charge in [-0.25, -0.2) is 12.8 Å². The second-order valence-corrected chi connectivity index (χ2v) is 7.78. The van der Waals surface area contributed by atoms with Crippen LogP contribution in [0.15, 0.2) is 18.2 Å². The standard InChI is InChI=1S/C15H22FNO2S/c1-3-17-15(13-10-12(16)8-7-11(13)2)14-6-4-5-9-20(14,18)19/h7-8,10,14-15,17H,3-6,9H2,1-2H3. The zero-order valence-corrected chi connectivity index (χ0v) is 12.8. The average molecular weight is 299 g/mol. The van der Waals surface area contributed by atoms with Crippen molar-refractivity contribution in [2.45, 2.75) is 44.4 Å². The highest BCUT2D eigenvalue weighted by molar-refractivity contribution is 7.92. The van der Waals surface area contributed by atoms with Gasteiger partial charge in [-0.2, -0.15) is 0 Å². The van der Waals surface area contributed by atoms with Gasteiger partial charge in [-0.05, 0) is 49.6 Å². The summed E-state index contributed by atoms with van der Waals surface area (Å²) in [5.41, 5.74) is 1.69. The Morgan fingerprint density at radius 1 is 1.40 bits per heavy atom. The summed E-state index contributed by atoms with van der Waals surface area (Å²) in [6.45, 7) is 4.50. The van der Waals surface area contributed by atoms with Crippen molar-refractivity contribution in [1.29, 1.82) is 0 Å². The molecule has 0 saturated carbocycles. The number of sulfone groups is 1. The van der Waals surface area contributed by atoms with E-state index in [1.54, 1.807) is 6.07 Å². The summed E-state index contributed by atoms with van der Waals surface area (Å²) in [5.74, 6) is -0.0739. The van der Waals surface area contributed by atoms with Gasteiger partial charge in [0.1, 0.15) is 5.82 Å². The lowest BCUT2D eigenvalue weighted by atomic mass is 9.95. The average Bonchev–Trinajstić information content (AvgIpc) is 2.39. The highest BCUT2D eigenvalue weighted by Gasteiger charge is 2.36. The van der Waals surface area contributed by atoms with Gasteiger partial charge in [0.25, 0.3) is 0 Å². The van der Waals surface area contributed by atoms with Crippen molar-refractivity contribution in [3.63, 3.8) is 0 Å². The zero-order chi connectivity index (χ0) is 14.8. The lowest BCUT2D eigenvalue weighted by Crippen LogP contribution is -2.41. The minimum Gasteiger partial charge on any atom is -0.309 e. The molecule has 1 N–H and O–H groups in total. The van der Waals surface area contributed by atoms with Crippen LogP contribution in [0.3, 0.4) is 0 Å². The normalized spacial score (nSPS) is 23.4. The monoisotopic (exact) mass is 299 g/mol. The number of benzene rings is 1. The molecule has 2 unspecified atom stereocenters. The van der Waals surface area contributed by atoms with E-state index in [0.717, 1.165) is 24.0 Å². The molecule has 0 bridgehead atoms. The maximum Gasteiger partial charge on any atom is 0.155 e. The summed E-state index contributed by atoms with van der Waals surface area (Å²) in [7, 11) is -3.11. The molecule has 0 amide bonds. The molecule has 2 rings (SSSR count). The van der Waals surface area contributed by atoms with Crippen LogP contribution in [0.25, 0.3) is 0 Å². The van der Waals surface area contributed by atoms with Crippen molar-refractivity contribution in [3.8, 4) is 0 Å². The van der Waals surface area contributed by atoms with Gasteiger partial charge in [0, 0.05) is 6.04 Å². The van der Waals surface area contributed by atoms with E-state index >= 15 is 0 Å². The molecular formula is C15H22FNO2S. The molecule has 1 fully saturated rings. The lowest BCUT2D eigenvalue weighted by Gasteiger charge is -2.31. The van der Waals surface area contributed by atoms with E-state index in [4.69, 9.17) is 0 Å². The SMILES string of the molecule is CCNC(c1cc(F)ccc1C)C1CCCCS1(=O)=O. The first-order valence-electron chi connectivity index (χ1n) is 7.16. The van der Waals surface area contributed by atoms with E-state index in [0.29, 0.717) is 13.0 Å². The molecule has 0 spiro atoms. The van der Waals surface area contributed by atoms with Gasteiger partial charge in [0.2, 0.25) is 0 Å². The molecule has 1 heterocycles. The van der Waals surface area contributed by atoms with Crippen LogP contribution in [-0.4, -0.2) is 26.0 Å². The summed E-state index contributed by atoms with van der Waals surface area (Å²) >= 11 is 0. The third-order valence-corrected chi connectivity index (χ3v) is 6.29. The fourth-order valence-corrected chi connectivity index (χ4v) is 5.05. The molecule has 112 valence electrons. The minimum atomic E-state index is -3.11. The van der Waals surface area contributed by atoms with Crippen LogP contribution in [0, 0.1) is 12.7 Å². The number of hydrogen-bond donors (Lipinski definition) is 1. The van der Waals surface area contributed by atoms with Gasteiger partial charge >= 0.3 is 0 Å². The first-order valence-corrected chi connectivity index (χ1v) is 8.88. The number of hydrogen-bond acceptors (Lipinski definition) is 3. The summed E-state index contributed by atoms with van der Waals surface area (Å²) in [4.78, 5) is 0. The highest BCUT2D eigenvalue weighted by atomic mass is 32.2. The molecule has 0 radical (unpaired) electrons. The Balaban J connectivity index is 2.42. The van der Waals surface area contributed by atoms with Crippen LogP contribution in [0.4, 0.5) is 4.39 Å². The van der Waals surface area contributed by atoms with Gasteiger partial charge in [-0.3, -0.25) is 0 Å². The van der Waals surface area contributed by atoms with Crippen LogP contribution in [-0.2, 0) is 9.84 Å². The quantitative estimate of drug-likeness (QED) is 0.930. The molecule has 5 heteroatoms. The molecule has 1 aromatic rings. The van der Waals surface area contributed by atoms with Crippen LogP contribution >= 0.6 is 0 Å². The number of rotatable bonds is 4. The molecule has 2 atom stereocenters. The molecule has 0 aromatic heterocycles. The number of nitrogens with one attached hydrogen (secondary N) is 1. The number of aryl methyl sites for hydroxylation is 1.